The zero-order valence-corrected chi connectivity index (χ0v) is 14.0. The van der Waals surface area contributed by atoms with Crippen molar-refractivity contribution >= 4 is 10.9 Å². The topological polar surface area (TPSA) is 65.7 Å². The lowest BCUT2D eigenvalue weighted by molar-refractivity contribution is 0.415. The van der Waals surface area contributed by atoms with Gasteiger partial charge in [-0.25, -0.2) is 0 Å². The van der Waals surface area contributed by atoms with Gasteiger partial charge in [-0.15, -0.1) is 10.2 Å². The second-order valence-corrected chi connectivity index (χ2v) is 5.82. The number of aromatic nitrogens is 5. The van der Waals surface area contributed by atoms with Crippen molar-refractivity contribution in [3.8, 4) is 17.1 Å². The van der Waals surface area contributed by atoms with Crippen LogP contribution in [0.3, 0.4) is 0 Å². The maximum atomic E-state index is 5.25. The third-order valence-electron chi connectivity index (χ3n) is 4.02. The van der Waals surface area contributed by atoms with E-state index in [4.69, 9.17) is 4.74 Å². The molecule has 0 spiro atoms. The van der Waals surface area contributed by atoms with Gasteiger partial charge in [-0.2, -0.15) is 4.80 Å². The van der Waals surface area contributed by atoms with Crippen LogP contribution in [0.4, 0.5) is 0 Å². The number of ether oxygens (including phenoxy) is 1. The first-order chi connectivity index (χ1) is 12.2. The molecule has 25 heavy (non-hydrogen) atoms. The van der Waals surface area contributed by atoms with E-state index < -0.39 is 0 Å². The number of hydrogen-bond acceptors (Lipinski definition) is 5. The Balaban J connectivity index is 1.68. The van der Waals surface area contributed by atoms with Crippen LogP contribution in [0.15, 0.2) is 54.6 Å². The summed E-state index contributed by atoms with van der Waals surface area (Å²) in [5.41, 5.74) is 3.95. The number of nitrogens with zero attached hydrogens (tertiary/aromatic N) is 5. The SMILES string of the molecule is COc1cccc(-c2nnn(Cc3cc(C)nc4ccccc34)n2)c1. The van der Waals surface area contributed by atoms with E-state index in [-0.39, 0.29) is 0 Å². The summed E-state index contributed by atoms with van der Waals surface area (Å²) in [6, 6.07) is 17.8. The molecule has 0 saturated heterocycles. The Bertz CT molecular complexity index is 1040. The minimum absolute atomic E-state index is 0.543. The summed E-state index contributed by atoms with van der Waals surface area (Å²) in [5.74, 6) is 1.35. The third kappa shape index (κ3) is 3.06. The fourth-order valence-corrected chi connectivity index (χ4v) is 2.87. The lowest BCUT2D eigenvalue weighted by atomic mass is 10.1. The number of pyridine rings is 1. The number of aryl methyl sites for hydroxylation is 1. The summed E-state index contributed by atoms with van der Waals surface area (Å²) < 4.78 is 5.25. The van der Waals surface area contributed by atoms with Crippen LogP contribution in [0.2, 0.25) is 0 Å². The van der Waals surface area contributed by atoms with Gasteiger partial charge in [0.15, 0.2) is 0 Å². The summed E-state index contributed by atoms with van der Waals surface area (Å²) in [6.07, 6.45) is 0. The lowest BCUT2D eigenvalue weighted by Crippen LogP contribution is -2.05. The highest BCUT2D eigenvalue weighted by atomic mass is 16.5. The first-order valence-electron chi connectivity index (χ1n) is 8.00. The zero-order valence-electron chi connectivity index (χ0n) is 14.0. The summed E-state index contributed by atoms with van der Waals surface area (Å²) >= 11 is 0. The average molecular weight is 331 g/mol. The minimum atomic E-state index is 0.543. The molecule has 124 valence electrons. The van der Waals surface area contributed by atoms with Crippen molar-refractivity contribution < 1.29 is 4.74 Å². The van der Waals surface area contributed by atoms with Gasteiger partial charge in [-0.3, -0.25) is 4.98 Å². The van der Waals surface area contributed by atoms with E-state index in [0.29, 0.717) is 12.4 Å². The molecule has 2 aromatic heterocycles. The summed E-state index contributed by atoms with van der Waals surface area (Å²) in [5, 5.41) is 14.0. The number of methoxy groups -OCH3 is 1. The molecule has 0 radical (unpaired) electrons. The van der Waals surface area contributed by atoms with Crippen LogP contribution in [-0.4, -0.2) is 32.3 Å². The van der Waals surface area contributed by atoms with E-state index in [1.807, 2.05) is 49.4 Å². The van der Waals surface area contributed by atoms with Gasteiger partial charge >= 0.3 is 0 Å². The molecule has 0 aliphatic rings. The minimum Gasteiger partial charge on any atom is -0.497 e. The maximum Gasteiger partial charge on any atom is 0.205 e. The first-order valence-corrected chi connectivity index (χ1v) is 8.00. The Kier molecular flexibility index (Phi) is 3.85. The van der Waals surface area contributed by atoms with Crippen LogP contribution in [0.5, 0.6) is 5.75 Å². The Morgan fingerprint density at radius 1 is 1.04 bits per heavy atom. The van der Waals surface area contributed by atoms with Gasteiger partial charge in [0.05, 0.1) is 19.2 Å². The molecule has 4 rings (SSSR count). The summed E-state index contributed by atoms with van der Waals surface area (Å²) in [4.78, 5) is 6.18. The van der Waals surface area contributed by atoms with Crippen LogP contribution in [0, 0.1) is 6.92 Å². The fraction of sp³-hybridized carbons (Fsp3) is 0.158. The van der Waals surface area contributed by atoms with Gasteiger partial charge < -0.3 is 4.74 Å². The Morgan fingerprint density at radius 2 is 1.92 bits per heavy atom. The van der Waals surface area contributed by atoms with Gasteiger partial charge in [0.2, 0.25) is 5.82 Å². The molecule has 0 atom stereocenters. The van der Waals surface area contributed by atoms with Gasteiger partial charge in [-0.1, -0.05) is 30.3 Å². The van der Waals surface area contributed by atoms with Crippen molar-refractivity contribution in [2.24, 2.45) is 0 Å². The van der Waals surface area contributed by atoms with Crippen molar-refractivity contribution in [1.82, 2.24) is 25.2 Å². The standard InChI is InChI=1S/C19H17N5O/c1-13-10-15(17-8-3-4-9-18(17)20-13)12-24-22-19(21-23-24)14-6-5-7-16(11-14)25-2/h3-11H,12H2,1-2H3. The molecule has 2 heterocycles. The van der Waals surface area contributed by atoms with Crippen molar-refractivity contribution in [2.45, 2.75) is 13.5 Å². The van der Waals surface area contributed by atoms with Crippen LogP contribution < -0.4 is 4.74 Å². The van der Waals surface area contributed by atoms with Crippen molar-refractivity contribution in [2.75, 3.05) is 7.11 Å². The predicted octanol–water partition coefficient (Wildman–Crippen LogP) is 3.25. The molecule has 2 aromatic carbocycles. The van der Waals surface area contributed by atoms with E-state index >= 15 is 0 Å². The number of fused-ring (bicyclic) bond motifs is 1. The smallest absolute Gasteiger partial charge is 0.205 e. The molecule has 4 aromatic rings. The highest BCUT2D eigenvalue weighted by Gasteiger charge is 2.10. The van der Waals surface area contributed by atoms with Gasteiger partial charge in [-0.05, 0) is 42.0 Å². The summed E-state index contributed by atoms with van der Waals surface area (Å²) in [6.45, 7) is 2.53. The van der Waals surface area contributed by atoms with E-state index in [2.05, 4.69) is 32.5 Å². The quantitative estimate of drug-likeness (QED) is 0.574. The molecule has 0 aliphatic heterocycles. The average Bonchev–Trinajstić information content (AvgIpc) is 3.10. The van der Waals surface area contributed by atoms with Gasteiger partial charge in [0.25, 0.3) is 0 Å². The number of hydrogen-bond donors (Lipinski definition) is 0. The molecule has 6 nitrogen and oxygen atoms in total. The fourth-order valence-electron chi connectivity index (χ4n) is 2.87. The van der Waals surface area contributed by atoms with Crippen LogP contribution >= 0.6 is 0 Å². The monoisotopic (exact) mass is 331 g/mol. The largest absolute Gasteiger partial charge is 0.497 e. The van der Waals surface area contributed by atoms with Crippen molar-refractivity contribution in [3.63, 3.8) is 0 Å². The molecule has 0 unspecified atom stereocenters. The van der Waals surface area contributed by atoms with E-state index in [9.17, 15) is 0 Å². The highest BCUT2D eigenvalue weighted by molar-refractivity contribution is 5.82. The second kappa shape index (κ2) is 6.32. The van der Waals surface area contributed by atoms with Gasteiger partial charge in [0, 0.05) is 16.6 Å². The second-order valence-electron chi connectivity index (χ2n) is 5.82. The highest BCUT2D eigenvalue weighted by Crippen LogP contribution is 2.21. The molecule has 0 N–H and O–H groups in total. The molecule has 0 saturated carbocycles. The Morgan fingerprint density at radius 3 is 2.80 bits per heavy atom. The number of tetrazole rings is 1. The van der Waals surface area contributed by atoms with Crippen LogP contribution in [0.1, 0.15) is 11.3 Å². The Hall–Kier alpha value is -3.28. The van der Waals surface area contributed by atoms with Crippen LogP contribution in [0.25, 0.3) is 22.3 Å². The lowest BCUT2D eigenvalue weighted by Gasteiger charge is -2.06. The number of para-hydroxylation sites is 1. The normalized spacial score (nSPS) is 11.0. The van der Waals surface area contributed by atoms with E-state index in [0.717, 1.165) is 33.5 Å². The summed E-state index contributed by atoms with van der Waals surface area (Å²) in [7, 11) is 1.64. The van der Waals surface area contributed by atoms with Crippen LogP contribution in [-0.2, 0) is 6.54 Å². The van der Waals surface area contributed by atoms with Crippen molar-refractivity contribution in [1.29, 1.82) is 0 Å². The molecule has 0 amide bonds. The van der Waals surface area contributed by atoms with E-state index in [1.54, 1.807) is 11.9 Å². The molecule has 6 heteroatoms. The number of benzene rings is 2. The molecular weight excluding hydrogens is 314 g/mol. The van der Waals surface area contributed by atoms with Gasteiger partial charge in [0.1, 0.15) is 5.75 Å². The van der Waals surface area contributed by atoms with Crippen molar-refractivity contribution in [3.05, 3.63) is 65.9 Å². The molecule has 0 aliphatic carbocycles. The third-order valence-corrected chi connectivity index (χ3v) is 4.02. The molecule has 0 bridgehead atoms. The zero-order chi connectivity index (χ0) is 17.2. The van der Waals surface area contributed by atoms with E-state index in [1.165, 1.54) is 0 Å². The molecular formula is C19H17N5O. The Labute approximate surface area is 145 Å². The predicted molar refractivity (Wildman–Crippen MR) is 95.4 cm³/mol. The maximum absolute atomic E-state index is 5.25. The number of rotatable bonds is 4. The first kappa shape index (κ1) is 15.3. The molecule has 0 fully saturated rings.